The lowest BCUT2D eigenvalue weighted by atomic mass is 9.75. The molecule has 0 heterocycles. The predicted octanol–water partition coefficient (Wildman–Crippen LogP) is 3.58. The molecule has 22 heavy (non-hydrogen) atoms. The Hall–Kier alpha value is -1.55. The average molecular weight is 305 g/mol. The molecule has 1 aromatic carbocycles. The van der Waals surface area contributed by atoms with Crippen LogP contribution >= 0.6 is 0 Å². The third kappa shape index (κ3) is 4.47. The van der Waals surface area contributed by atoms with Gasteiger partial charge in [0, 0.05) is 6.61 Å². The summed E-state index contributed by atoms with van der Waals surface area (Å²) in [7, 11) is 0. The van der Waals surface area contributed by atoms with E-state index in [1.165, 1.54) is 0 Å². The minimum atomic E-state index is -0.722. The van der Waals surface area contributed by atoms with E-state index in [-0.39, 0.29) is 6.61 Å². The number of ether oxygens (including phenoxy) is 1. The normalized spacial score (nSPS) is 24.5. The number of carbonyl (C=O) groups is 1. The molecule has 1 atom stereocenters. The topological polar surface area (TPSA) is 72.6 Å². The van der Waals surface area contributed by atoms with Crippen molar-refractivity contribution in [1.82, 2.24) is 0 Å². The number of hydrogen-bond donors (Lipinski definition) is 2. The summed E-state index contributed by atoms with van der Waals surface area (Å²) in [5.41, 5.74) is 5.62. The molecule has 1 unspecified atom stereocenters. The molecule has 0 bridgehead atoms. The zero-order chi connectivity index (χ0) is 16.0. The average Bonchev–Trinajstić information content (AvgIpc) is 2.50. The second-order valence-electron chi connectivity index (χ2n) is 6.62. The molecule has 3 N–H and O–H groups in total. The molecule has 1 saturated carbocycles. The Kier molecular flexibility index (Phi) is 5.83. The van der Waals surface area contributed by atoms with Gasteiger partial charge in [-0.25, -0.2) is 4.79 Å². The molecule has 4 heteroatoms. The number of aliphatic hydroxyl groups is 1. The molecule has 1 aliphatic rings. The molecule has 1 amide bonds. The molecule has 0 radical (unpaired) electrons. The Balaban J connectivity index is 2.03. The van der Waals surface area contributed by atoms with Gasteiger partial charge < -0.3 is 15.6 Å². The number of rotatable bonds is 6. The summed E-state index contributed by atoms with van der Waals surface area (Å²) >= 11 is 0. The van der Waals surface area contributed by atoms with Crippen molar-refractivity contribution in [2.24, 2.45) is 17.6 Å². The summed E-state index contributed by atoms with van der Waals surface area (Å²) in [6.07, 6.45) is 5.51. The Bertz CT molecular complexity index is 468. The van der Waals surface area contributed by atoms with E-state index in [1.807, 2.05) is 37.3 Å². The van der Waals surface area contributed by atoms with Gasteiger partial charge in [0.15, 0.2) is 0 Å². The molecule has 122 valence electrons. The highest BCUT2D eigenvalue weighted by atomic mass is 16.6. The van der Waals surface area contributed by atoms with Gasteiger partial charge in [0.1, 0.15) is 5.60 Å². The number of nitrogens with two attached hydrogens (primary N) is 1. The second-order valence-corrected chi connectivity index (χ2v) is 6.62. The molecule has 0 aromatic heterocycles. The summed E-state index contributed by atoms with van der Waals surface area (Å²) in [6.45, 7) is 2.23. The van der Waals surface area contributed by atoms with Crippen LogP contribution in [0.1, 0.15) is 51.0 Å². The lowest BCUT2D eigenvalue weighted by Crippen LogP contribution is -2.35. The largest absolute Gasteiger partial charge is 0.438 e. The first-order valence-electron chi connectivity index (χ1n) is 8.18. The highest BCUT2D eigenvalue weighted by Gasteiger charge is 2.35. The number of primary amides is 1. The molecule has 1 fully saturated rings. The smallest absolute Gasteiger partial charge is 0.405 e. The zero-order valence-electron chi connectivity index (χ0n) is 13.3. The van der Waals surface area contributed by atoms with E-state index in [2.05, 4.69) is 0 Å². The van der Waals surface area contributed by atoms with Gasteiger partial charge >= 0.3 is 6.09 Å². The lowest BCUT2D eigenvalue weighted by molar-refractivity contribution is 0.00131. The Morgan fingerprint density at radius 1 is 1.23 bits per heavy atom. The third-order valence-corrected chi connectivity index (χ3v) is 4.89. The molecular weight excluding hydrogens is 278 g/mol. The highest BCUT2D eigenvalue weighted by molar-refractivity contribution is 5.65. The monoisotopic (exact) mass is 305 g/mol. The van der Waals surface area contributed by atoms with Crippen LogP contribution in [-0.4, -0.2) is 17.8 Å². The Morgan fingerprint density at radius 3 is 2.36 bits per heavy atom. The third-order valence-electron chi connectivity index (χ3n) is 4.89. The van der Waals surface area contributed by atoms with Crippen LogP contribution in [-0.2, 0) is 10.3 Å². The first-order chi connectivity index (χ1) is 10.5. The Labute approximate surface area is 132 Å². The van der Waals surface area contributed by atoms with Crippen molar-refractivity contribution in [3.05, 3.63) is 35.9 Å². The molecular formula is C18H27NO3. The maximum Gasteiger partial charge on any atom is 0.405 e. The van der Waals surface area contributed by atoms with Crippen molar-refractivity contribution < 1.29 is 14.6 Å². The number of benzene rings is 1. The van der Waals surface area contributed by atoms with Crippen LogP contribution in [0.5, 0.6) is 0 Å². The standard InChI is InChI=1S/C18H27NO3/c1-18(22-17(19)21,16-5-3-2-4-6-16)13-15-9-7-14(8-10-15)11-12-20/h2-6,14-15,20H,7-13H2,1H3,(H2,19,21). The van der Waals surface area contributed by atoms with Crippen LogP contribution in [0.25, 0.3) is 0 Å². The van der Waals surface area contributed by atoms with Crippen molar-refractivity contribution in [2.75, 3.05) is 6.61 Å². The van der Waals surface area contributed by atoms with E-state index in [9.17, 15) is 4.79 Å². The Morgan fingerprint density at radius 2 is 1.82 bits per heavy atom. The van der Waals surface area contributed by atoms with Gasteiger partial charge in [-0.05, 0) is 37.2 Å². The van der Waals surface area contributed by atoms with E-state index < -0.39 is 11.7 Å². The van der Waals surface area contributed by atoms with Crippen molar-refractivity contribution in [3.8, 4) is 0 Å². The summed E-state index contributed by atoms with van der Waals surface area (Å²) in [4.78, 5) is 11.3. The fraction of sp³-hybridized carbons (Fsp3) is 0.611. The van der Waals surface area contributed by atoms with Crippen LogP contribution in [0.15, 0.2) is 30.3 Å². The number of aliphatic hydroxyl groups excluding tert-OH is 1. The van der Waals surface area contributed by atoms with Gasteiger partial charge in [-0.15, -0.1) is 0 Å². The highest BCUT2D eigenvalue weighted by Crippen LogP contribution is 2.40. The van der Waals surface area contributed by atoms with E-state index in [1.54, 1.807) is 0 Å². The molecule has 2 rings (SSSR count). The fourth-order valence-corrected chi connectivity index (χ4v) is 3.69. The van der Waals surface area contributed by atoms with E-state index in [0.29, 0.717) is 11.8 Å². The van der Waals surface area contributed by atoms with Crippen LogP contribution < -0.4 is 5.73 Å². The van der Waals surface area contributed by atoms with Crippen molar-refractivity contribution in [3.63, 3.8) is 0 Å². The van der Waals surface area contributed by atoms with Crippen LogP contribution in [0.4, 0.5) is 4.79 Å². The van der Waals surface area contributed by atoms with E-state index in [0.717, 1.165) is 44.1 Å². The zero-order valence-corrected chi connectivity index (χ0v) is 13.3. The molecule has 0 spiro atoms. The predicted molar refractivity (Wildman–Crippen MR) is 86.2 cm³/mol. The first-order valence-corrected chi connectivity index (χ1v) is 8.18. The maximum atomic E-state index is 11.3. The number of carbonyl (C=O) groups excluding carboxylic acids is 1. The van der Waals surface area contributed by atoms with Crippen LogP contribution in [0.2, 0.25) is 0 Å². The molecule has 1 aliphatic carbocycles. The summed E-state index contributed by atoms with van der Waals surface area (Å²) in [5.74, 6) is 1.17. The van der Waals surface area contributed by atoms with Gasteiger partial charge in [0.25, 0.3) is 0 Å². The van der Waals surface area contributed by atoms with E-state index in [4.69, 9.17) is 15.6 Å². The van der Waals surface area contributed by atoms with Crippen molar-refractivity contribution in [1.29, 1.82) is 0 Å². The van der Waals surface area contributed by atoms with Crippen molar-refractivity contribution in [2.45, 2.75) is 51.0 Å². The SMILES string of the molecule is CC(CC1CCC(CCO)CC1)(OC(N)=O)c1ccccc1. The minimum absolute atomic E-state index is 0.280. The van der Waals surface area contributed by atoms with Gasteiger partial charge in [0.2, 0.25) is 0 Å². The second kappa shape index (κ2) is 7.63. The van der Waals surface area contributed by atoms with Gasteiger partial charge in [-0.3, -0.25) is 0 Å². The summed E-state index contributed by atoms with van der Waals surface area (Å²) in [5, 5.41) is 9.05. The molecule has 1 aromatic rings. The fourth-order valence-electron chi connectivity index (χ4n) is 3.69. The lowest BCUT2D eigenvalue weighted by Gasteiger charge is -2.36. The summed E-state index contributed by atoms with van der Waals surface area (Å²) < 4.78 is 5.50. The molecule has 0 aliphatic heterocycles. The maximum absolute atomic E-state index is 11.3. The summed E-state index contributed by atoms with van der Waals surface area (Å²) in [6, 6.07) is 9.83. The minimum Gasteiger partial charge on any atom is -0.438 e. The van der Waals surface area contributed by atoms with Crippen molar-refractivity contribution >= 4 is 6.09 Å². The molecule has 4 nitrogen and oxygen atoms in total. The number of hydrogen-bond acceptors (Lipinski definition) is 3. The molecule has 0 saturated heterocycles. The number of amides is 1. The quantitative estimate of drug-likeness (QED) is 0.843. The van der Waals surface area contributed by atoms with Gasteiger partial charge in [0.05, 0.1) is 0 Å². The van der Waals surface area contributed by atoms with Gasteiger partial charge in [-0.2, -0.15) is 0 Å². The van der Waals surface area contributed by atoms with E-state index >= 15 is 0 Å². The van der Waals surface area contributed by atoms with Gasteiger partial charge in [-0.1, -0.05) is 56.0 Å². The first kappa shape index (κ1) is 16.8. The van der Waals surface area contributed by atoms with Crippen LogP contribution in [0, 0.1) is 11.8 Å². The van der Waals surface area contributed by atoms with Crippen LogP contribution in [0.3, 0.4) is 0 Å².